The number of nitrogens with zero attached hydrogens (tertiary/aromatic N) is 1. The zero-order chi connectivity index (χ0) is 16.2. The highest BCUT2D eigenvalue weighted by Gasteiger charge is 2.30. The SMILES string of the molecule is CC(O)(CNC(=O)Cc1ccc([N+](=O)[O-])cc1Cl)C(=O)O. The Morgan fingerprint density at radius 3 is 2.57 bits per heavy atom. The smallest absolute Gasteiger partial charge is 0.337 e. The summed E-state index contributed by atoms with van der Waals surface area (Å²) in [5.74, 6) is -2.02. The fourth-order valence-corrected chi connectivity index (χ4v) is 1.62. The van der Waals surface area contributed by atoms with Crippen molar-refractivity contribution in [1.82, 2.24) is 5.32 Å². The van der Waals surface area contributed by atoms with Gasteiger partial charge in [0.15, 0.2) is 5.60 Å². The van der Waals surface area contributed by atoms with E-state index in [0.717, 1.165) is 13.0 Å². The summed E-state index contributed by atoms with van der Waals surface area (Å²) >= 11 is 5.83. The molecule has 0 heterocycles. The van der Waals surface area contributed by atoms with Gasteiger partial charge in [0.1, 0.15) is 0 Å². The van der Waals surface area contributed by atoms with Crippen molar-refractivity contribution in [2.45, 2.75) is 18.9 Å². The largest absolute Gasteiger partial charge is 0.479 e. The molecule has 1 aromatic rings. The minimum Gasteiger partial charge on any atom is -0.479 e. The van der Waals surface area contributed by atoms with Crippen molar-refractivity contribution in [3.05, 3.63) is 38.9 Å². The van der Waals surface area contributed by atoms with Crippen LogP contribution in [-0.4, -0.2) is 39.2 Å². The predicted octanol–water partition coefficient (Wildman–Crippen LogP) is 0.742. The fraction of sp³-hybridized carbons (Fsp3) is 0.333. The van der Waals surface area contributed by atoms with Gasteiger partial charge in [-0.3, -0.25) is 14.9 Å². The first kappa shape index (κ1) is 16.9. The summed E-state index contributed by atoms with van der Waals surface area (Å²) in [5.41, 5.74) is -1.91. The number of carbonyl (C=O) groups excluding carboxylic acids is 1. The van der Waals surface area contributed by atoms with Crippen LogP contribution in [-0.2, 0) is 16.0 Å². The molecule has 3 N–H and O–H groups in total. The van der Waals surface area contributed by atoms with Crippen LogP contribution in [0.15, 0.2) is 18.2 Å². The number of carboxylic acid groups (broad SMARTS) is 1. The molecule has 21 heavy (non-hydrogen) atoms. The molecule has 0 spiro atoms. The van der Waals surface area contributed by atoms with Gasteiger partial charge in [0, 0.05) is 12.1 Å². The molecule has 8 nitrogen and oxygen atoms in total. The van der Waals surface area contributed by atoms with Crippen LogP contribution in [0.1, 0.15) is 12.5 Å². The Hall–Kier alpha value is -2.19. The van der Waals surface area contributed by atoms with Gasteiger partial charge in [-0.2, -0.15) is 0 Å². The lowest BCUT2D eigenvalue weighted by Gasteiger charge is -2.18. The van der Waals surface area contributed by atoms with Crippen molar-refractivity contribution in [2.24, 2.45) is 0 Å². The summed E-state index contributed by atoms with van der Waals surface area (Å²) in [5, 5.41) is 31.0. The van der Waals surface area contributed by atoms with E-state index in [4.69, 9.17) is 16.7 Å². The Morgan fingerprint density at radius 1 is 1.48 bits per heavy atom. The first-order valence-corrected chi connectivity index (χ1v) is 6.16. The number of rotatable bonds is 6. The fourth-order valence-electron chi connectivity index (χ4n) is 1.37. The molecule has 1 rings (SSSR count). The molecule has 0 aliphatic carbocycles. The summed E-state index contributed by atoms with van der Waals surface area (Å²) in [6, 6.07) is 3.68. The number of carbonyl (C=O) groups is 2. The quantitative estimate of drug-likeness (QED) is 0.524. The normalized spacial score (nSPS) is 13.3. The molecule has 0 saturated carbocycles. The van der Waals surface area contributed by atoms with E-state index in [0.29, 0.717) is 5.56 Å². The number of benzene rings is 1. The van der Waals surface area contributed by atoms with E-state index in [1.165, 1.54) is 12.1 Å². The molecule has 1 aromatic carbocycles. The maximum absolute atomic E-state index is 11.6. The molecular formula is C12H13ClN2O6. The highest BCUT2D eigenvalue weighted by atomic mass is 35.5. The number of hydrogen-bond donors (Lipinski definition) is 3. The zero-order valence-corrected chi connectivity index (χ0v) is 11.8. The third-order valence-corrected chi connectivity index (χ3v) is 3.04. The highest BCUT2D eigenvalue weighted by molar-refractivity contribution is 6.31. The summed E-state index contributed by atoms with van der Waals surface area (Å²) in [7, 11) is 0. The molecule has 0 saturated heterocycles. The first-order chi connectivity index (χ1) is 9.63. The van der Waals surface area contributed by atoms with Crippen LogP contribution in [0, 0.1) is 10.1 Å². The van der Waals surface area contributed by atoms with E-state index in [9.17, 15) is 24.8 Å². The van der Waals surface area contributed by atoms with Crippen LogP contribution < -0.4 is 5.32 Å². The Balaban J connectivity index is 2.68. The Bertz CT molecular complexity index is 587. The van der Waals surface area contributed by atoms with E-state index in [1.807, 2.05) is 0 Å². The number of aliphatic carboxylic acids is 1. The number of aliphatic hydroxyl groups is 1. The zero-order valence-electron chi connectivity index (χ0n) is 11.0. The van der Waals surface area contributed by atoms with Crippen LogP contribution >= 0.6 is 11.6 Å². The van der Waals surface area contributed by atoms with Gasteiger partial charge in [-0.05, 0) is 12.5 Å². The van der Waals surface area contributed by atoms with Gasteiger partial charge in [-0.1, -0.05) is 17.7 Å². The van der Waals surface area contributed by atoms with Crippen molar-refractivity contribution in [3.63, 3.8) is 0 Å². The van der Waals surface area contributed by atoms with Gasteiger partial charge in [-0.15, -0.1) is 0 Å². The molecule has 0 bridgehead atoms. The summed E-state index contributed by atoms with van der Waals surface area (Å²) in [6.45, 7) is 0.584. The minimum absolute atomic E-state index is 0.0596. The van der Waals surface area contributed by atoms with E-state index in [1.54, 1.807) is 0 Å². The van der Waals surface area contributed by atoms with Gasteiger partial charge < -0.3 is 15.5 Å². The van der Waals surface area contributed by atoms with Crippen molar-refractivity contribution < 1.29 is 24.7 Å². The van der Waals surface area contributed by atoms with Crippen molar-refractivity contribution in [1.29, 1.82) is 0 Å². The van der Waals surface area contributed by atoms with Gasteiger partial charge in [0.2, 0.25) is 5.91 Å². The van der Waals surface area contributed by atoms with Crippen LogP contribution in [0.4, 0.5) is 5.69 Å². The monoisotopic (exact) mass is 316 g/mol. The van der Waals surface area contributed by atoms with E-state index >= 15 is 0 Å². The summed E-state index contributed by atoms with van der Waals surface area (Å²) in [6.07, 6.45) is -0.188. The number of amides is 1. The van der Waals surface area contributed by atoms with Gasteiger partial charge in [0.25, 0.3) is 5.69 Å². The average molecular weight is 317 g/mol. The number of nitro groups is 1. The van der Waals surface area contributed by atoms with E-state index < -0.39 is 28.9 Å². The predicted molar refractivity (Wildman–Crippen MR) is 73.1 cm³/mol. The Kier molecular flexibility index (Phi) is 5.23. The number of nitro benzene ring substituents is 1. The Labute approximate surface area is 124 Å². The third-order valence-electron chi connectivity index (χ3n) is 2.69. The average Bonchev–Trinajstić information content (AvgIpc) is 2.38. The molecule has 0 radical (unpaired) electrons. The van der Waals surface area contributed by atoms with Crippen LogP contribution in [0.5, 0.6) is 0 Å². The molecule has 0 aliphatic heterocycles. The van der Waals surface area contributed by atoms with Crippen LogP contribution in [0.2, 0.25) is 5.02 Å². The topological polar surface area (TPSA) is 130 Å². The van der Waals surface area contributed by atoms with Crippen molar-refractivity contribution in [3.8, 4) is 0 Å². The maximum atomic E-state index is 11.6. The lowest BCUT2D eigenvalue weighted by Crippen LogP contribution is -2.46. The second-order valence-corrected chi connectivity index (χ2v) is 4.97. The summed E-state index contributed by atoms with van der Waals surface area (Å²) < 4.78 is 0. The lowest BCUT2D eigenvalue weighted by molar-refractivity contribution is -0.384. The molecular weight excluding hydrogens is 304 g/mol. The van der Waals surface area contributed by atoms with Gasteiger partial charge >= 0.3 is 5.97 Å². The standard InChI is InChI=1S/C12H13ClN2O6/c1-12(19,11(17)18)6-14-10(16)4-7-2-3-8(15(20)21)5-9(7)13/h2-3,5,19H,4,6H2,1H3,(H,14,16)(H,17,18). The number of hydrogen-bond acceptors (Lipinski definition) is 5. The second-order valence-electron chi connectivity index (χ2n) is 4.57. The van der Waals surface area contributed by atoms with Gasteiger partial charge in [-0.25, -0.2) is 4.79 Å². The van der Waals surface area contributed by atoms with E-state index in [-0.39, 0.29) is 17.1 Å². The van der Waals surface area contributed by atoms with Crippen molar-refractivity contribution in [2.75, 3.05) is 6.54 Å². The molecule has 0 aliphatic rings. The van der Waals surface area contributed by atoms with E-state index in [2.05, 4.69) is 5.32 Å². The van der Waals surface area contributed by atoms with Crippen molar-refractivity contribution >= 4 is 29.2 Å². The lowest BCUT2D eigenvalue weighted by atomic mass is 10.1. The second kappa shape index (κ2) is 6.51. The number of carboxylic acids is 1. The Morgan fingerprint density at radius 2 is 2.10 bits per heavy atom. The molecule has 1 atom stereocenters. The number of non-ortho nitro benzene ring substituents is 1. The maximum Gasteiger partial charge on any atom is 0.337 e. The molecule has 1 amide bonds. The minimum atomic E-state index is -2.07. The highest BCUT2D eigenvalue weighted by Crippen LogP contribution is 2.22. The van der Waals surface area contributed by atoms with Crippen LogP contribution in [0.3, 0.4) is 0 Å². The van der Waals surface area contributed by atoms with Gasteiger partial charge in [0.05, 0.1) is 22.9 Å². The number of nitrogens with one attached hydrogen (secondary N) is 1. The molecule has 0 aromatic heterocycles. The summed E-state index contributed by atoms with van der Waals surface area (Å²) in [4.78, 5) is 32.2. The third kappa shape index (κ3) is 4.69. The number of halogens is 1. The van der Waals surface area contributed by atoms with Crippen LogP contribution in [0.25, 0.3) is 0 Å². The molecule has 9 heteroatoms. The molecule has 0 fully saturated rings. The first-order valence-electron chi connectivity index (χ1n) is 5.79. The molecule has 114 valence electrons. The molecule has 1 unspecified atom stereocenters.